The van der Waals surface area contributed by atoms with E-state index in [0.29, 0.717) is 0 Å². The van der Waals surface area contributed by atoms with E-state index in [0.717, 1.165) is 56.4 Å². The maximum Gasteiger partial charge on any atom is 0.0540 e. The van der Waals surface area contributed by atoms with Gasteiger partial charge in [0.15, 0.2) is 0 Å². The monoisotopic (exact) mass is 1080 g/mol. The lowest BCUT2D eigenvalue weighted by molar-refractivity contribution is 0.0594. The van der Waals surface area contributed by atoms with Crippen LogP contribution in [0.25, 0.3) is 66.8 Å². The van der Waals surface area contributed by atoms with E-state index in [1.54, 1.807) is 0 Å². The average Bonchev–Trinajstić information content (AvgIpc) is 1.45. The predicted molar refractivity (Wildman–Crippen MR) is 355 cm³/mol. The zero-order valence-electron chi connectivity index (χ0n) is 48.8. The SMILES string of the molecule is CC(C)(C)C1(C2(C(C)(C)C)c3ccccc3-c3ccc(N(c4ccccc4-c4ccccc4)c4ccccc4-c4ccccc4)cc32)c2ccccc2-c2ccc(N(c3ccccc3-c3ccccc3)c3ccccc3-c3ccccc3)cc21. The second-order valence-corrected chi connectivity index (χ2v) is 24.8. The number of rotatable bonds is 11. The molecular weight excluding hydrogens is 1010 g/mol. The Labute approximate surface area is 496 Å². The molecule has 14 rings (SSSR count). The van der Waals surface area contributed by atoms with Crippen LogP contribution in [0, 0.1) is 10.8 Å². The summed E-state index contributed by atoms with van der Waals surface area (Å²) in [6, 6.07) is 113. The van der Waals surface area contributed by atoms with Crippen LogP contribution in [0.4, 0.5) is 34.1 Å². The summed E-state index contributed by atoms with van der Waals surface area (Å²) in [6.45, 7) is 15.1. The van der Waals surface area contributed by atoms with Crippen LogP contribution < -0.4 is 9.80 Å². The zero-order chi connectivity index (χ0) is 57.2. The zero-order valence-corrected chi connectivity index (χ0v) is 48.8. The fourth-order valence-corrected chi connectivity index (χ4v) is 15.3. The number of benzene rings is 12. The maximum atomic E-state index is 2.61. The molecule has 84 heavy (non-hydrogen) atoms. The Balaban J connectivity index is 1.09. The van der Waals surface area contributed by atoms with E-state index in [9.17, 15) is 0 Å². The molecule has 0 heterocycles. The number of hydrogen-bond donors (Lipinski definition) is 0. The van der Waals surface area contributed by atoms with Gasteiger partial charge in [-0.2, -0.15) is 0 Å². The van der Waals surface area contributed by atoms with Crippen molar-refractivity contribution < 1.29 is 0 Å². The van der Waals surface area contributed by atoms with E-state index in [4.69, 9.17) is 0 Å². The first kappa shape index (κ1) is 52.3. The summed E-state index contributed by atoms with van der Waals surface area (Å²) in [7, 11) is 0. The maximum absolute atomic E-state index is 2.61. The number of hydrogen-bond acceptors (Lipinski definition) is 2. The van der Waals surface area contributed by atoms with Gasteiger partial charge in [-0.1, -0.05) is 296 Å². The van der Waals surface area contributed by atoms with Gasteiger partial charge < -0.3 is 9.80 Å². The molecule has 2 nitrogen and oxygen atoms in total. The van der Waals surface area contributed by atoms with Crippen molar-refractivity contribution >= 4 is 34.1 Å². The van der Waals surface area contributed by atoms with E-state index >= 15 is 0 Å². The standard InChI is InChI=1S/C82H68N2/c1-79(2,3)81(71-45-25-19-43-67(71)69-53-51-61(55-73(69)81)83(75-47-27-21-39-63(75)57-31-11-7-12-32-57)76-48-28-22-40-64(76)58-33-13-8-14-34-58)82(80(4,5)6)72-46-26-20-44-68(72)70-54-52-62(56-74(70)82)84(77-49-29-23-41-65(77)59-35-15-9-16-36-59)78-50-30-24-42-66(78)60-37-17-10-18-38-60/h7-56H,1-6H3. The van der Waals surface area contributed by atoms with Crippen molar-refractivity contribution in [1.82, 2.24) is 0 Å². The van der Waals surface area contributed by atoms with Crippen LogP contribution in [-0.4, -0.2) is 0 Å². The molecule has 2 aliphatic rings. The summed E-state index contributed by atoms with van der Waals surface area (Å²) in [5, 5.41) is 0. The molecule has 0 aliphatic heterocycles. The molecule has 12 aromatic rings. The Morgan fingerprint density at radius 3 is 0.714 bits per heavy atom. The van der Waals surface area contributed by atoms with Crippen molar-refractivity contribution in [1.29, 1.82) is 0 Å². The minimum absolute atomic E-state index is 0.404. The van der Waals surface area contributed by atoms with E-state index < -0.39 is 21.7 Å². The first-order chi connectivity index (χ1) is 41.0. The molecule has 12 aromatic carbocycles. The summed E-state index contributed by atoms with van der Waals surface area (Å²) >= 11 is 0. The molecule has 0 spiro atoms. The van der Waals surface area contributed by atoms with Crippen LogP contribution >= 0.6 is 0 Å². The Bertz CT molecular complexity index is 3940. The first-order valence-electron chi connectivity index (χ1n) is 29.7. The molecule has 2 aliphatic carbocycles. The van der Waals surface area contributed by atoms with E-state index in [2.05, 4.69) is 355 Å². The third kappa shape index (κ3) is 8.06. The summed E-state index contributed by atoms with van der Waals surface area (Å²) in [6.07, 6.45) is 0. The second kappa shape index (κ2) is 20.6. The fourth-order valence-electron chi connectivity index (χ4n) is 15.3. The molecule has 0 bridgehead atoms. The van der Waals surface area contributed by atoms with Crippen LogP contribution in [0.3, 0.4) is 0 Å². The Morgan fingerprint density at radius 1 is 0.214 bits per heavy atom. The van der Waals surface area contributed by atoms with Crippen LogP contribution in [0.1, 0.15) is 63.8 Å². The number of para-hydroxylation sites is 4. The predicted octanol–water partition coefficient (Wildman–Crippen LogP) is 22.6. The summed E-state index contributed by atoms with van der Waals surface area (Å²) in [5.74, 6) is 0. The molecule has 406 valence electrons. The molecule has 0 saturated carbocycles. The van der Waals surface area contributed by atoms with Crippen molar-refractivity contribution in [2.75, 3.05) is 9.80 Å². The van der Waals surface area contributed by atoms with Crippen molar-refractivity contribution in [3.8, 4) is 66.8 Å². The average molecular weight is 1080 g/mol. The molecule has 2 atom stereocenters. The third-order valence-electron chi connectivity index (χ3n) is 18.3. The Hall–Kier alpha value is -9.76. The van der Waals surface area contributed by atoms with Gasteiger partial charge in [0.1, 0.15) is 0 Å². The topological polar surface area (TPSA) is 6.48 Å². The van der Waals surface area contributed by atoms with Gasteiger partial charge in [0.25, 0.3) is 0 Å². The minimum Gasteiger partial charge on any atom is -0.309 e. The molecule has 0 aromatic heterocycles. The normalized spacial score (nSPS) is 15.8. The second-order valence-electron chi connectivity index (χ2n) is 24.8. The fraction of sp³-hybridized carbons (Fsp3) is 0.122. The van der Waals surface area contributed by atoms with E-state index in [1.807, 2.05) is 0 Å². The lowest BCUT2D eigenvalue weighted by Gasteiger charge is -2.62. The summed E-state index contributed by atoms with van der Waals surface area (Å²) in [5.41, 5.74) is 24.3. The van der Waals surface area contributed by atoms with Gasteiger partial charge in [0.2, 0.25) is 0 Å². The van der Waals surface area contributed by atoms with Crippen LogP contribution in [-0.2, 0) is 10.8 Å². The highest BCUT2D eigenvalue weighted by Crippen LogP contribution is 2.75. The van der Waals surface area contributed by atoms with Gasteiger partial charge in [0.05, 0.1) is 22.7 Å². The Kier molecular flexibility index (Phi) is 12.8. The lowest BCUT2D eigenvalue weighted by atomic mass is 9.39. The molecule has 0 fully saturated rings. The molecular formula is C82H68N2. The van der Waals surface area contributed by atoms with Crippen molar-refractivity contribution in [3.05, 3.63) is 326 Å². The van der Waals surface area contributed by atoms with Crippen LogP contribution in [0.15, 0.2) is 303 Å². The minimum atomic E-state index is -0.682. The molecule has 0 saturated heterocycles. The number of nitrogens with zero attached hydrogens (tertiary/aromatic N) is 2. The van der Waals surface area contributed by atoms with Gasteiger partial charge in [-0.3, -0.25) is 0 Å². The number of anilines is 6. The third-order valence-corrected chi connectivity index (χ3v) is 18.3. The van der Waals surface area contributed by atoms with Crippen LogP contribution in [0.5, 0.6) is 0 Å². The van der Waals surface area contributed by atoms with E-state index in [-0.39, 0.29) is 0 Å². The van der Waals surface area contributed by atoms with Gasteiger partial charge in [-0.05, 0) is 126 Å². The van der Waals surface area contributed by atoms with Gasteiger partial charge in [0, 0.05) is 44.5 Å². The number of fused-ring (bicyclic) bond motifs is 6. The summed E-state index contributed by atoms with van der Waals surface area (Å²) < 4.78 is 0. The highest BCUT2D eigenvalue weighted by atomic mass is 15.2. The largest absolute Gasteiger partial charge is 0.309 e. The summed E-state index contributed by atoms with van der Waals surface area (Å²) in [4.78, 5) is 5.10. The quantitative estimate of drug-likeness (QED) is 0.127. The molecule has 2 unspecified atom stereocenters. The van der Waals surface area contributed by atoms with Crippen molar-refractivity contribution in [3.63, 3.8) is 0 Å². The first-order valence-corrected chi connectivity index (χ1v) is 29.7. The van der Waals surface area contributed by atoms with Gasteiger partial charge >= 0.3 is 0 Å². The highest BCUT2D eigenvalue weighted by molar-refractivity contribution is 5.99. The smallest absolute Gasteiger partial charge is 0.0540 e. The van der Waals surface area contributed by atoms with Gasteiger partial charge in [-0.15, -0.1) is 0 Å². The molecule has 0 radical (unpaired) electrons. The Morgan fingerprint density at radius 2 is 0.440 bits per heavy atom. The van der Waals surface area contributed by atoms with Crippen LogP contribution in [0.2, 0.25) is 0 Å². The van der Waals surface area contributed by atoms with Gasteiger partial charge in [-0.25, -0.2) is 0 Å². The molecule has 0 N–H and O–H groups in total. The van der Waals surface area contributed by atoms with E-state index in [1.165, 1.54) is 66.8 Å². The van der Waals surface area contributed by atoms with Crippen molar-refractivity contribution in [2.45, 2.75) is 52.4 Å². The highest BCUT2D eigenvalue weighted by Gasteiger charge is 2.70. The molecule has 2 heteroatoms. The molecule has 0 amide bonds. The van der Waals surface area contributed by atoms with Crippen molar-refractivity contribution in [2.24, 2.45) is 10.8 Å². The lowest BCUT2D eigenvalue weighted by Crippen LogP contribution is -2.62.